The van der Waals surface area contributed by atoms with E-state index in [9.17, 15) is 9.90 Å². The molecule has 0 radical (unpaired) electrons. The molecule has 1 aliphatic heterocycles. The average Bonchev–Trinajstić information content (AvgIpc) is 2.60. The van der Waals surface area contributed by atoms with Crippen LogP contribution in [0.15, 0.2) is 30.3 Å². The van der Waals surface area contributed by atoms with Gasteiger partial charge in [0.05, 0.1) is 12.0 Å². The Morgan fingerprint density at radius 1 is 1.40 bits per heavy atom. The Balaban J connectivity index is 2.16. The molecule has 3 heteroatoms. The van der Waals surface area contributed by atoms with Gasteiger partial charge in [0.1, 0.15) is 0 Å². The van der Waals surface area contributed by atoms with E-state index in [2.05, 4.69) is 0 Å². The molecule has 3 nitrogen and oxygen atoms in total. The van der Waals surface area contributed by atoms with E-state index in [1.807, 2.05) is 30.3 Å². The van der Waals surface area contributed by atoms with E-state index in [1.165, 1.54) is 0 Å². The monoisotopic (exact) mass is 205 g/mol. The van der Waals surface area contributed by atoms with Gasteiger partial charge in [0, 0.05) is 13.6 Å². The molecule has 0 unspecified atom stereocenters. The van der Waals surface area contributed by atoms with E-state index in [4.69, 9.17) is 0 Å². The van der Waals surface area contributed by atoms with Gasteiger partial charge in [0.2, 0.25) is 5.91 Å². The number of likely N-dealkylation sites (tertiary alicyclic amines) is 1. The lowest BCUT2D eigenvalue weighted by Crippen LogP contribution is -2.26. The molecule has 1 aromatic rings. The van der Waals surface area contributed by atoms with Gasteiger partial charge < -0.3 is 10.0 Å². The summed E-state index contributed by atoms with van der Waals surface area (Å²) in [6.45, 7) is 0.743. The van der Waals surface area contributed by atoms with Crippen LogP contribution in [0.2, 0.25) is 0 Å². The van der Waals surface area contributed by atoms with Gasteiger partial charge in [0.25, 0.3) is 0 Å². The standard InChI is InChI=1S/C12H15NO2/c1-13-8-7-10(12(13)15)11(14)9-5-3-2-4-6-9/h2-6,10-11,14H,7-8H2,1H3/t10-,11-/m1/s1. The summed E-state index contributed by atoms with van der Waals surface area (Å²) in [6, 6.07) is 9.37. The van der Waals surface area contributed by atoms with Crippen LogP contribution >= 0.6 is 0 Å². The maximum Gasteiger partial charge on any atom is 0.228 e. The summed E-state index contributed by atoms with van der Waals surface area (Å²) >= 11 is 0. The zero-order valence-corrected chi connectivity index (χ0v) is 8.76. The molecule has 15 heavy (non-hydrogen) atoms. The van der Waals surface area contributed by atoms with Gasteiger partial charge in [-0.1, -0.05) is 30.3 Å². The smallest absolute Gasteiger partial charge is 0.228 e. The van der Waals surface area contributed by atoms with Crippen LogP contribution in [0.4, 0.5) is 0 Å². The number of amides is 1. The number of hydrogen-bond donors (Lipinski definition) is 1. The fraction of sp³-hybridized carbons (Fsp3) is 0.417. The van der Waals surface area contributed by atoms with E-state index >= 15 is 0 Å². The van der Waals surface area contributed by atoms with Gasteiger partial charge in [-0.25, -0.2) is 0 Å². The van der Waals surface area contributed by atoms with Crippen molar-refractivity contribution >= 4 is 5.91 Å². The Labute approximate surface area is 89.3 Å². The largest absolute Gasteiger partial charge is 0.388 e. The van der Waals surface area contributed by atoms with Crippen LogP contribution in [-0.2, 0) is 4.79 Å². The lowest BCUT2D eigenvalue weighted by atomic mass is 9.94. The normalized spacial score (nSPS) is 23.2. The van der Waals surface area contributed by atoms with E-state index in [1.54, 1.807) is 11.9 Å². The predicted octanol–water partition coefficient (Wildman–Crippen LogP) is 1.20. The van der Waals surface area contributed by atoms with Crippen LogP contribution in [-0.4, -0.2) is 29.5 Å². The molecule has 2 rings (SSSR count). The molecule has 1 saturated heterocycles. The molecule has 0 bridgehead atoms. The Kier molecular flexibility index (Phi) is 2.73. The first-order valence-electron chi connectivity index (χ1n) is 5.18. The van der Waals surface area contributed by atoms with Gasteiger partial charge in [-0.3, -0.25) is 4.79 Å². The minimum Gasteiger partial charge on any atom is -0.388 e. The average molecular weight is 205 g/mol. The maximum absolute atomic E-state index is 11.7. The Morgan fingerprint density at radius 3 is 2.60 bits per heavy atom. The van der Waals surface area contributed by atoms with Crippen molar-refractivity contribution in [3.05, 3.63) is 35.9 Å². The number of benzene rings is 1. The first-order valence-corrected chi connectivity index (χ1v) is 5.18. The molecule has 0 aromatic heterocycles. The van der Waals surface area contributed by atoms with E-state index < -0.39 is 6.10 Å². The Morgan fingerprint density at radius 2 is 2.07 bits per heavy atom. The van der Waals surface area contributed by atoms with Gasteiger partial charge in [-0.2, -0.15) is 0 Å². The molecule has 0 spiro atoms. The summed E-state index contributed by atoms with van der Waals surface area (Å²) < 4.78 is 0. The minimum atomic E-state index is -0.663. The zero-order valence-electron chi connectivity index (χ0n) is 8.76. The van der Waals surface area contributed by atoms with Gasteiger partial charge in [-0.05, 0) is 12.0 Å². The SMILES string of the molecule is CN1CC[C@H]([C@H](O)c2ccccc2)C1=O. The quantitative estimate of drug-likeness (QED) is 0.788. The van der Waals surface area contributed by atoms with Crippen LogP contribution in [0.5, 0.6) is 0 Å². The Hall–Kier alpha value is -1.35. The molecule has 80 valence electrons. The van der Waals surface area contributed by atoms with Crippen LogP contribution in [0, 0.1) is 5.92 Å². The van der Waals surface area contributed by atoms with Crippen LogP contribution in [0.3, 0.4) is 0 Å². The number of aliphatic hydroxyl groups excluding tert-OH is 1. The highest BCUT2D eigenvalue weighted by Crippen LogP contribution is 2.30. The van der Waals surface area contributed by atoms with Gasteiger partial charge in [-0.15, -0.1) is 0 Å². The highest BCUT2D eigenvalue weighted by molar-refractivity contribution is 5.81. The van der Waals surface area contributed by atoms with Gasteiger partial charge in [0.15, 0.2) is 0 Å². The first-order chi connectivity index (χ1) is 7.20. The number of aliphatic hydroxyl groups is 1. The molecule has 0 aliphatic carbocycles. The maximum atomic E-state index is 11.7. The van der Waals surface area contributed by atoms with E-state index in [0.717, 1.165) is 18.5 Å². The summed E-state index contributed by atoms with van der Waals surface area (Å²) in [7, 11) is 1.78. The fourth-order valence-corrected chi connectivity index (χ4v) is 2.02. The number of nitrogens with zero attached hydrogens (tertiary/aromatic N) is 1. The third-order valence-corrected chi connectivity index (χ3v) is 2.99. The molecule has 0 saturated carbocycles. The van der Waals surface area contributed by atoms with Crippen molar-refractivity contribution in [3.8, 4) is 0 Å². The third kappa shape index (κ3) is 1.88. The summed E-state index contributed by atoms with van der Waals surface area (Å²) in [5, 5.41) is 10.1. The number of carbonyl (C=O) groups is 1. The molecule has 2 atom stereocenters. The topological polar surface area (TPSA) is 40.5 Å². The van der Waals surface area contributed by atoms with Crippen molar-refractivity contribution in [2.45, 2.75) is 12.5 Å². The lowest BCUT2D eigenvalue weighted by Gasteiger charge is -2.17. The lowest BCUT2D eigenvalue weighted by molar-refractivity contribution is -0.132. The molecule has 1 N–H and O–H groups in total. The van der Waals surface area contributed by atoms with E-state index in [-0.39, 0.29) is 11.8 Å². The van der Waals surface area contributed by atoms with Crippen LogP contribution < -0.4 is 0 Å². The molecule has 1 aromatic carbocycles. The van der Waals surface area contributed by atoms with Crippen molar-refractivity contribution in [3.63, 3.8) is 0 Å². The predicted molar refractivity (Wildman–Crippen MR) is 57.1 cm³/mol. The highest BCUT2D eigenvalue weighted by atomic mass is 16.3. The minimum absolute atomic E-state index is 0.0475. The second-order valence-electron chi connectivity index (χ2n) is 4.01. The van der Waals surface area contributed by atoms with E-state index in [0.29, 0.717) is 0 Å². The first kappa shape index (κ1) is 10.2. The highest BCUT2D eigenvalue weighted by Gasteiger charge is 2.35. The zero-order chi connectivity index (χ0) is 10.8. The van der Waals surface area contributed by atoms with Crippen molar-refractivity contribution in [2.24, 2.45) is 5.92 Å². The summed E-state index contributed by atoms with van der Waals surface area (Å²) in [4.78, 5) is 13.4. The number of carbonyl (C=O) groups excluding carboxylic acids is 1. The van der Waals surface area contributed by atoms with Crippen molar-refractivity contribution < 1.29 is 9.90 Å². The van der Waals surface area contributed by atoms with Crippen LogP contribution in [0.1, 0.15) is 18.1 Å². The Bertz CT molecular complexity index is 350. The van der Waals surface area contributed by atoms with Gasteiger partial charge >= 0.3 is 0 Å². The summed E-state index contributed by atoms with van der Waals surface area (Å²) in [5.41, 5.74) is 0.825. The molecular weight excluding hydrogens is 190 g/mol. The second-order valence-corrected chi connectivity index (χ2v) is 4.01. The number of rotatable bonds is 2. The third-order valence-electron chi connectivity index (χ3n) is 2.99. The van der Waals surface area contributed by atoms with Crippen LogP contribution in [0.25, 0.3) is 0 Å². The molecule has 1 fully saturated rings. The molecular formula is C12H15NO2. The summed E-state index contributed by atoms with van der Waals surface area (Å²) in [5.74, 6) is -0.219. The summed E-state index contributed by atoms with van der Waals surface area (Å²) in [6.07, 6.45) is 0.0782. The fourth-order valence-electron chi connectivity index (χ4n) is 2.02. The number of hydrogen-bond acceptors (Lipinski definition) is 2. The van der Waals surface area contributed by atoms with Crippen molar-refractivity contribution in [2.75, 3.05) is 13.6 Å². The molecule has 1 amide bonds. The molecule has 1 heterocycles. The second kappa shape index (κ2) is 4.03. The molecule has 1 aliphatic rings. The van der Waals surface area contributed by atoms with Crippen molar-refractivity contribution in [1.82, 2.24) is 4.90 Å². The van der Waals surface area contributed by atoms with Crippen molar-refractivity contribution in [1.29, 1.82) is 0 Å².